The SMILES string of the molecule is O=C(CN1CC=C(c2ccccc2)CC1)Nc1cc(Cl)ccc1-n1cncn1. The molecule has 0 radical (unpaired) electrons. The highest BCUT2D eigenvalue weighted by Gasteiger charge is 2.17. The van der Waals surface area contributed by atoms with E-state index in [0.29, 0.717) is 17.3 Å². The van der Waals surface area contributed by atoms with Crippen molar-refractivity contribution in [1.82, 2.24) is 19.7 Å². The Labute approximate surface area is 168 Å². The molecule has 1 aromatic heterocycles. The maximum Gasteiger partial charge on any atom is 0.238 e. The fourth-order valence-corrected chi connectivity index (χ4v) is 3.47. The van der Waals surface area contributed by atoms with Crippen molar-refractivity contribution in [1.29, 1.82) is 0 Å². The van der Waals surface area contributed by atoms with Crippen LogP contribution in [0.1, 0.15) is 12.0 Å². The Morgan fingerprint density at radius 3 is 2.75 bits per heavy atom. The van der Waals surface area contributed by atoms with E-state index in [1.807, 2.05) is 24.3 Å². The first-order valence-corrected chi connectivity index (χ1v) is 9.48. The number of benzene rings is 2. The second-order valence-electron chi connectivity index (χ2n) is 6.63. The number of amides is 1. The van der Waals surface area contributed by atoms with Crippen LogP contribution in [0.5, 0.6) is 0 Å². The Kier molecular flexibility index (Phi) is 5.50. The molecule has 2 heterocycles. The van der Waals surface area contributed by atoms with Gasteiger partial charge >= 0.3 is 0 Å². The third-order valence-electron chi connectivity index (χ3n) is 4.70. The zero-order valence-corrected chi connectivity index (χ0v) is 16.0. The van der Waals surface area contributed by atoms with Crippen molar-refractivity contribution in [2.75, 3.05) is 25.0 Å². The summed E-state index contributed by atoms with van der Waals surface area (Å²) < 4.78 is 1.60. The van der Waals surface area contributed by atoms with Crippen LogP contribution in [-0.2, 0) is 4.79 Å². The summed E-state index contributed by atoms with van der Waals surface area (Å²) in [5.74, 6) is -0.0832. The molecule has 0 atom stereocenters. The number of hydrogen-bond acceptors (Lipinski definition) is 4. The van der Waals surface area contributed by atoms with Crippen molar-refractivity contribution >= 4 is 28.8 Å². The van der Waals surface area contributed by atoms with E-state index in [9.17, 15) is 4.79 Å². The van der Waals surface area contributed by atoms with Crippen molar-refractivity contribution in [2.24, 2.45) is 0 Å². The molecule has 0 fully saturated rings. The fourth-order valence-electron chi connectivity index (χ4n) is 3.30. The summed E-state index contributed by atoms with van der Waals surface area (Å²) in [6.45, 7) is 1.92. The van der Waals surface area contributed by atoms with E-state index in [2.05, 4.69) is 38.5 Å². The molecular formula is C21H20ClN5O. The van der Waals surface area contributed by atoms with Crippen LogP contribution in [0.15, 0.2) is 67.3 Å². The number of rotatable bonds is 5. The first-order valence-electron chi connectivity index (χ1n) is 9.10. The molecule has 1 N–H and O–H groups in total. The maximum absolute atomic E-state index is 12.6. The molecule has 28 heavy (non-hydrogen) atoms. The van der Waals surface area contributed by atoms with Gasteiger partial charge < -0.3 is 5.32 Å². The Morgan fingerprint density at radius 1 is 1.18 bits per heavy atom. The molecular weight excluding hydrogens is 374 g/mol. The highest BCUT2D eigenvalue weighted by molar-refractivity contribution is 6.31. The smallest absolute Gasteiger partial charge is 0.238 e. The molecule has 0 saturated heterocycles. The molecule has 0 unspecified atom stereocenters. The van der Waals surface area contributed by atoms with Crippen LogP contribution in [0, 0.1) is 0 Å². The van der Waals surface area contributed by atoms with Crippen LogP contribution >= 0.6 is 11.6 Å². The van der Waals surface area contributed by atoms with Gasteiger partial charge in [0, 0.05) is 18.1 Å². The number of hydrogen-bond donors (Lipinski definition) is 1. The number of aromatic nitrogens is 3. The molecule has 2 aromatic carbocycles. The number of anilines is 1. The van der Waals surface area contributed by atoms with Crippen LogP contribution in [0.4, 0.5) is 5.69 Å². The molecule has 0 spiro atoms. The predicted octanol–water partition coefficient (Wildman–Crippen LogP) is 3.65. The summed E-state index contributed by atoms with van der Waals surface area (Å²) in [6, 6.07) is 15.7. The molecule has 0 saturated carbocycles. The van der Waals surface area contributed by atoms with Gasteiger partial charge in [0.25, 0.3) is 0 Å². The lowest BCUT2D eigenvalue weighted by Crippen LogP contribution is -2.36. The van der Waals surface area contributed by atoms with Crippen LogP contribution in [0.3, 0.4) is 0 Å². The second kappa shape index (κ2) is 8.37. The predicted molar refractivity (Wildman–Crippen MR) is 110 cm³/mol. The van der Waals surface area contributed by atoms with E-state index >= 15 is 0 Å². The summed E-state index contributed by atoms with van der Waals surface area (Å²) in [7, 11) is 0. The highest BCUT2D eigenvalue weighted by atomic mass is 35.5. The first kappa shape index (κ1) is 18.4. The van der Waals surface area contributed by atoms with E-state index in [1.54, 1.807) is 23.1 Å². The van der Waals surface area contributed by atoms with E-state index in [4.69, 9.17) is 11.6 Å². The molecule has 1 aliphatic rings. The van der Waals surface area contributed by atoms with Crippen LogP contribution in [0.25, 0.3) is 11.3 Å². The van der Waals surface area contributed by atoms with E-state index in [-0.39, 0.29) is 5.91 Å². The van der Waals surface area contributed by atoms with Gasteiger partial charge in [-0.3, -0.25) is 9.69 Å². The van der Waals surface area contributed by atoms with Gasteiger partial charge in [-0.25, -0.2) is 9.67 Å². The number of halogens is 1. The zero-order chi connectivity index (χ0) is 19.3. The maximum atomic E-state index is 12.6. The van der Waals surface area contributed by atoms with E-state index in [0.717, 1.165) is 25.2 Å². The van der Waals surface area contributed by atoms with Gasteiger partial charge in [-0.1, -0.05) is 48.0 Å². The van der Waals surface area contributed by atoms with Gasteiger partial charge in [-0.15, -0.1) is 0 Å². The molecule has 0 aliphatic carbocycles. The molecule has 0 bridgehead atoms. The Morgan fingerprint density at radius 2 is 2.04 bits per heavy atom. The Bertz CT molecular complexity index is 985. The minimum atomic E-state index is -0.0832. The highest BCUT2D eigenvalue weighted by Crippen LogP contribution is 2.25. The largest absolute Gasteiger partial charge is 0.323 e. The summed E-state index contributed by atoms with van der Waals surface area (Å²) in [5.41, 5.74) is 3.92. The van der Waals surface area contributed by atoms with Crippen molar-refractivity contribution in [3.05, 3.63) is 77.8 Å². The van der Waals surface area contributed by atoms with Crippen molar-refractivity contribution in [3.63, 3.8) is 0 Å². The summed E-state index contributed by atoms with van der Waals surface area (Å²) in [5, 5.41) is 7.63. The lowest BCUT2D eigenvalue weighted by Gasteiger charge is -2.26. The minimum absolute atomic E-state index is 0.0832. The quantitative estimate of drug-likeness (QED) is 0.718. The average Bonchev–Trinajstić information content (AvgIpc) is 3.24. The van der Waals surface area contributed by atoms with Gasteiger partial charge in [0.15, 0.2) is 0 Å². The third-order valence-corrected chi connectivity index (χ3v) is 4.94. The second-order valence-corrected chi connectivity index (χ2v) is 7.07. The normalized spacial score (nSPS) is 14.5. The summed E-state index contributed by atoms with van der Waals surface area (Å²) in [6.07, 6.45) is 6.16. The number of nitrogens with one attached hydrogen (secondary N) is 1. The van der Waals surface area contributed by atoms with Gasteiger partial charge in [-0.05, 0) is 35.8 Å². The molecule has 142 valence electrons. The van der Waals surface area contributed by atoms with Crippen molar-refractivity contribution < 1.29 is 4.79 Å². The molecule has 4 rings (SSSR count). The molecule has 1 amide bonds. The Balaban J connectivity index is 1.41. The standard InChI is InChI=1S/C21H20ClN5O/c22-18-6-7-20(27-15-23-14-24-27)19(12-18)25-21(28)13-26-10-8-17(9-11-26)16-4-2-1-3-5-16/h1-8,12,14-15H,9-11,13H2,(H,25,28). The monoisotopic (exact) mass is 393 g/mol. The van der Waals surface area contributed by atoms with Crippen LogP contribution in [-0.4, -0.2) is 45.2 Å². The van der Waals surface area contributed by atoms with E-state index < -0.39 is 0 Å². The van der Waals surface area contributed by atoms with Gasteiger partial charge in [0.1, 0.15) is 12.7 Å². The van der Waals surface area contributed by atoms with Crippen LogP contribution in [0.2, 0.25) is 5.02 Å². The molecule has 1 aliphatic heterocycles. The minimum Gasteiger partial charge on any atom is -0.323 e. The first-order chi connectivity index (χ1) is 13.7. The van der Waals surface area contributed by atoms with E-state index in [1.165, 1.54) is 17.5 Å². The molecule has 6 nitrogen and oxygen atoms in total. The topological polar surface area (TPSA) is 63.1 Å². The van der Waals surface area contributed by atoms with Gasteiger partial charge in [0.05, 0.1) is 17.9 Å². The summed E-state index contributed by atoms with van der Waals surface area (Å²) >= 11 is 6.11. The molecule has 3 aromatic rings. The number of carbonyl (C=O) groups is 1. The lowest BCUT2D eigenvalue weighted by molar-refractivity contribution is -0.117. The molecule has 7 heteroatoms. The van der Waals surface area contributed by atoms with Gasteiger partial charge in [0.2, 0.25) is 5.91 Å². The number of carbonyl (C=O) groups excluding carboxylic acids is 1. The fraction of sp³-hybridized carbons (Fsp3) is 0.190. The van der Waals surface area contributed by atoms with Crippen molar-refractivity contribution in [2.45, 2.75) is 6.42 Å². The van der Waals surface area contributed by atoms with Crippen LogP contribution < -0.4 is 5.32 Å². The lowest BCUT2D eigenvalue weighted by atomic mass is 10.00. The van der Waals surface area contributed by atoms with Crippen molar-refractivity contribution in [3.8, 4) is 5.69 Å². The average molecular weight is 394 g/mol. The summed E-state index contributed by atoms with van der Waals surface area (Å²) in [4.78, 5) is 18.7. The third kappa shape index (κ3) is 4.30. The zero-order valence-electron chi connectivity index (χ0n) is 15.3. The number of nitrogens with zero attached hydrogens (tertiary/aromatic N) is 4. The Hall–Kier alpha value is -2.96. The van der Waals surface area contributed by atoms with Gasteiger partial charge in [-0.2, -0.15) is 5.10 Å².